The summed E-state index contributed by atoms with van der Waals surface area (Å²) in [7, 11) is 0. The highest BCUT2D eigenvalue weighted by Crippen LogP contribution is 2.10. The van der Waals surface area contributed by atoms with Gasteiger partial charge in [0.05, 0.1) is 0 Å². The van der Waals surface area contributed by atoms with Crippen LogP contribution in [0.4, 0.5) is 0 Å². The molecule has 0 saturated heterocycles. The Labute approximate surface area is 76.2 Å². The van der Waals surface area contributed by atoms with Crippen molar-refractivity contribution in [2.75, 3.05) is 6.26 Å². The second kappa shape index (κ2) is 4.16. The quantitative estimate of drug-likeness (QED) is 0.770. The second-order valence-electron chi connectivity index (χ2n) is 2.50. The average molecular weight is 181 g/mol. The second-order valence-corrected chi connectivity index (χ2v) is 3.36. The lowest BCUT2D eigenvalue weighted by molar-refractivity contribution is 0.1000. The minimum atomic E-state index is -0.363. The highest BCUT2D eigenvalue weighted by Gasteiger charge is 1.99. The lowest BCUT2D eigenvalue weighted by Crippen LogP contribution is -2.10. The van der Waals surface area contributed by atoms with Gasteiger partial charge in [0.25, 0.3) is 0 Å². The van der Waals surface area contributed by atoms with E-state index in [4.69, 9.17) is 5.73 Å². The Balaban J connectivity index is 2.88. The first-order valence-electron chi connectivity index (χ1n) is 3.61. The summed E-state index contributed by atoms with van der Waals surface area (Å²) in [6.07, 6.45) is 2.02. The number of thioether (sulfide) groups is 1. The van der Waals surface area contributed by atoms with Gasteiger partial charge in [0.1, 0.15) is 0 Å². The van der Waals surface area contributed by atoms with Crippen molar-refractivity contribution in [1.82, 2.24) is 0 Å². The Hall–Kier alpha value is -0.960. The minimum absolute atomic E-state index is 0.363. The standard InChI is InChI=1S/C9H11NOS/c1-12-6-7-3-2-4-8(5-7)9(10)11/h2-5H,6H2,1H3,(H2,10,11). The molecule has 1 aromatic rings. The minimum Gasteiger partial charge on any atom is -0.366 e. The highest BCUT2D eigenvalue weighted by molar-refractivity contribution is 7.97. The van der Waals surface area contributed by atoms with Crippen molar-refractivity contribution in [3.63, 3.8) is 0 Å². The molecule has 0 heterocycles. The van der Waals surface area contributed by atoms with Gasteiger partial charge in [-0.15, -0.1) is 0 Å². The van der Waals surface area contributed by atoms with Crippen LogP contribution < -0.4 is 5.73 Å². The Morgan fingerprint density at radius 3 is 2.92 bits per heavy atom. The lowest BCUT2D eigenvalue weighted by atomic mass is 10.1. The number of hydrogen-bond donors (Lipinski definition) is 1. The summed E-state index contributed by atoms with van der Waals surface area (Å²) in [5.41, 5.74) is 6.86. The molecule has 0 aliphatic carbocycles. The fourth-order valence-electron chi connectivity index (χ4n) is 0.981. The van der Waals surface area contributed by atoms with Crippen molar-refractivity contribution in [2.24, 2.45) is 5.73 Å². The molecule has 1 aromatic carbocycles. The Bertz CT molecular complexity index is 286. The number of carbonyl (C=O) groups is 1. The molecule has 0 aliphatic rings. The molecule has 0 aliphatic heterocycles. The van der Waals surface area contributed by atoms with Gasteiger partial charge in [0.15, 0.2) is 0 Å². The Morgan fingerprint density at radius 2 is 2.33 bits per heavy atom. The predicted octanol–water partition coefficient (Wildman–Crippen LogP) is 1.65. The average Bonchev–Trinajstić information content (AvgIpc) is 2.05. The molecule has 2 N–H and O–H groups in total. The van der Waals surface area contributed by atoms with Crippen molar-refractivity contribution < 1.29 is 4.79 Å². The van der Waals surface area contributed by atoms with Gasteiger partial charge in [-0.1, -0.05) is 12.1 Å². The Morgan fingerprint density at radius 1 is 1.58 bits per heavy atom. The molecule has 0 bridgehead atoms. The highest BCUT2D eigenvalue weighted by atomic mass is 32.2. The van der Waals surface area contributed by atoms with Crippen LogP contribution in [-0.2, 0) is 5.75 Å². The zero-order chi connectivity index (χ0) is 8.97. The number of primary amides is 1. The van der Waals surface area contributed by atoms with Gasteiger partial charge < -0.3 is 5.73 Å². The maximum absolute atomic E-state index is 10.8. The molecule has 1 amide bonds. The fourth-order valence-corrected chi connectivity index (χ4v) is 1.49. The monoisotopic (exact) mass is 181 g/mol. The van der Waals surface area contributed by atoms with E-state index >= 15 is 0 Å². The summed E-state index contributed by atoms with van der Waals surface area (Å²) >= 11 is 1.72. The zero-order valence-corrected chi connectivity index (χ0v) is 7.73. The van der Waals surface area contributed by atoms with E-state index in [1.165, 1.54) is 0 Å². The van der Waals surface area contributed by atoms with Gasteiger partial charge in [0.2, 0.25) is 5.91 Å². The first kappa shape index (κ1) is 9.13. The molecular weight excluding hydrogens is 170 g/mol. The van der Waals surface area contributed by atoms with Crippen LogP contribution in [0.5, 0.6) is 0 Å². The number of benzene rings is 1. The van der Waals surface area contributed by atoms with Gasteiger partial charge in [-0.25, -0.2) is 0 Å². The molecule has 0 radical (unpaired) electrons. The van der Waals surface area contributed by atoms with E-state index in [9.17, 15) is 4.79 Å². The maximum atomic E-state index is 10.8. The summed E-state index contributed by atoms with van der Waals surface area (Å²) < 4.78 is 0. The van der Waals surface area contributed by atoms with E-state index < -0.39 is 0 Å². The molecule has 64 valence electrons. The summed E-state index contributed by atoms with van der Waals surface area (Å²) in [5, 5.41) is 0. The first-order valence-corrected chi connectivity index (χ1v) is 5.01. The SMILES string of the molecule is CSCc1cccc(C(N)=O)c1. The largest absolute Gasteiger partial charge is 0.366 e. The molecule has 1 rings (SSSR count). The van der Waals surface area contributed by atoms with Gasteiger partial charge in [0, 0.05) is 11.3 Å². The van der Waals surface area contributed by atoms with E-state index in [0.717, 1.165) is 11.3 Å². The van der Waals surface area contributed by atoms with Crippen LogP contribution in [0, 0.1) is 0 Å². The van der Waals surface area contributed by atoms with E-state index in [0.29, 0.717) is 5.56 Å². The van der Waals surface area contributed by atoms with E-state index in [-0.39, 0.29) is 5.91 Å². The normalized spacial score (nSPS) is 9.75. The summed E-state index contributed by atoms with van der Waals surface area (Å²) in [6.45, 7) is 0. The predicted molar refractivity (Wildman–Crippen MR) is 52.2 cm³/mol. The summed E-state index contributed by atoms with van der Waals surface area (Å²) in [5.74, 6) is 0.555. The van der Waals surface area contributed by atoms with Crippen molar-refractivity contribution in [1.29, 1.82) is 0 Å². The van der Waals surface area contributed by atoms with Gasteiger partial charge >= 0.3 is 0 Å². The van der Waals surface area contributed by atoms with Crippen molar-refractivity contribution in [3.05, 3.63) is 35.4 Å². The van der Waals surface area contributed by atoms with E-state index in [2.05, 4.69) is 0 Å². The molecule has 2 nitrogen and oxygen atoms in total. The number of rotatable bonds is 3. The maximum Gasteiger partial charge on any atom is 0.248 e. The molecule has 3 heteroatoms. The molecule has 0 atom stereocenters. The number of amides is 1. The topological polar surface area (TPSA) is 43.1 Å². The van der Waals surface area contributed by atoms with Crippen LogP contribution in [0.25, 0.3) is 0 Å². The van der Waals surface area contributed by atoms with Crippen LogP contribution in [0.2, 0.25) is 0 Å². The van der Waals surface area contributed by atoms with Crippen LogP contribution in [-0.4, -0.2) is 12.2 Å². The fraction of sp³-hybridized carbons (Fsp3) is 0.222. The molecule has 0 saturated carbocycles. The number of nitrogens with two attached hydrogens (primary N) is 1. The number of hydrogen-bond acceptors (Lipinski definition) is 2. The zero-order valence-electron chi connectivity index (χ0n) is 6.91. The van der Waals surface area contributed by atoms with Crippen LogP contribution in [0.3, 0.4) is 0 Å². The summed E-state index contributed by atoms with van der Waals surface area (Å²) in [6, 6.07) is 7.40. The third-order valence-electron chi connectivity index (χ3n) is 1.52. The van der Waals surface area contributed by atoms with E-state index in [1.807, 2.05) is 24.5 Å². The van der Waals surface area contributed by atoms with Gasteiger partial charge in [-0.3, -0.25) is 4.79 Å². The molecule has 12 heavy (non-hydrogen) atoms. The van der Waals surface area contributed by atoms with Gasteiger partial charge in [-0.2, -0.15) is 11.8 Å². The molecule has 0 aromatic heterocycles. The van der Waals surface area contributed by atoms with Crippen molar-refractivity contribution >= 4 is 17.7 Å². The lowest BCUT2D eigenvalue weighted by Gasteiger charge is -1.99. The molecular formula is C9H11NOS. The third-order valence-corrected chi connectivity index (χ3v) is 2.14. The third kappa shape index (κ3) is 2.27. The van der Waals surface area contributed by atoms with Crippen LogP contribution in [0.1, 0.15) is 15.9 Å². The molecule has 0 unspecified atom stereocenters. The summed E-state index contributed by atoms with van der Waals surface area (Å²) in [4.78, 5) is 10.8. The van der Waals surface area contributed by atoms with Crippen LogP contribution in [0.15, 0.2) is 24.3 Å². The number of carbonyl (C=O) groups excluding carboxylic acids is 1. The smallest absolute Gasteiger partial charge is 0.248 e. The van der Waals surface area contributed by atoms with Crippen LogP contribution >= 0.6 is 11.8 Å². The van der Waals surface area contributed by atoms with Crippen molar-refractivity contribution in [2.45, 2.75) is 5.75 Å². The molecule has 0 spiro atoms. The Kier molecular flexibility index (Phi) is 3.17. The van der Waals surface area contributed by atoms with Gasteiger partial charge in [-0.05, 0) is 24.0 Å². The first-order chi connectivity index (χ1) is 5.74. The van der Waals surface area contributed by atoms with E-state index in [1.54, 1.807) is 17.8 Å². The molecule has 0 fully saturated rings. The van der Waals surface area contributed by atoms with Crippen molar-refractivity contribution in [3.8, 4) is 0 Å².